The molecule has 4 heteroatoms. The molecule has 0 aromatic heterocycles. The summed E-state index contributed by atoms with van der Waals surface area (Å²) in [6.07, 6.45) is 4.43. The predicted molar refractivity (Wildman–Crippen MR) is 73.2 cm³/mol. The second-order valence-electron chi connectivity index (χ2n) is 3.79. The van der Waals surface area contributed by atoms with Crippen molar-refractivity contribution in [2.45, 2.75) is 6.92 Å². The van der Waals surface area contributed by atoms with E-state index < -0.39 is 5.97 Å². The normalized spacial score (nSPS) is 11.4. The van der Waals surface area contributed by atoms with E-state index in [9.17, 15) is 9.59 Å². The number of hydrogen-bond donors (Lipinski definition) is 0. The fourth-order valence-electron chi connectivity index (χ4n) is 1.54. The van der Waals surface area contributed by atoms with Gasteiger partial charge < -0.3 is 9.47 Å². The van der Waals surface area contributed by atoms with Gasteiger partial charge in [0, 0.05) is 0 Å². The predicted octanol–water partition coefficient (Wildman–Crippen LogP) is 2.45. The van der Waals surface area contributed by atoms with E-state index in [2.05, 4.69) is 0 Å². The summed E-state index contributed by atoms with van der Waals surface area (Å²) in [6, 6.07) is 7.20. The quantitative estimate of drug-likeness (QED) is 0.463. The molecular weight excluding hydrogens is 244 g/mol. The van der Waals surface area contributed by atoms with Crippen molar-refractivity contribution < 1.29 is 19.1 Å². The maximum atomic E-state index is 11.7. The number of hydrogen-bond acceptors (Lipinski definition) is 4. The number of benzene rings is 1. The van der Waals surface area contributed by atoms with Crippen LogP contribution in [0.4, 0.5) is 0 Å². The molecule has 0 aliphatic heterocycles. The third-order valence-electron chi connectivity index (χ3n) is 2.39. The monoisotopic (exact) mass is 260 g/mol. The van der Waals surface area contributed by atoms with Gasteiger partial charge in [-0.2, -0.15) is 0 Å². The summed E-state index contributed by atoms with van der Waals surface area (Å²) < 4.78 is 9.63. The van der Waals surface area contributed by atoms with Crippen LogP contribution in [0.15, 0.2) is 36.6 Å². The lowest BCUT2D eigenvalue weighted by Crippen LogP contribution is -2.05. The van der Waals surface area contributed by atoms with E-state index in [-0.39, 0.29) is 5.78 Å². The van der Waals surface area contributed by atoms with Crippen molar-refractivity contribution in [3.8, 4) is 0 Å². The Kier molecular flexibility index (Phi) is 5.54. The Morgan fingerprint density at radius 3 is 2.42 bits per heavy atom. The second-order valence-corrected chi connectivity index (χ2v) is 3.79. The van der Waals surface area contributed by atoms with Gasteiger partial charge in [0.1, 0.15) is 5.57 Å². The number of rotatable bonds is 5. The van der Waals surface area contributed by atoms with Crippen LogP contribution in [0.1, 0.15) is 18.1 Å². The summed E-state index contributed by atoms with van der Waals surface area (Å²) in [6.45, 7) is 1.46. The number of ether oxygens (including phenoxy) is 2. The van der Waals surface area contributed by atoms with Gasteiger partial charge in [0.2, 0.25) is 0 Å². The first-order chi connectivity index (χ1) is 9.10. The molecule has 4 nitrogen and oxygen atoms in total. The van der Waals surface area contributed by atoms with Crippen molar-refractivity contribution in [1.29, 1.82) is 0 Å². The molecular formula is C15H16O4. The summed E-state index contributed by atoms with van der Waals surface area (Å²) in [4.78, 5) is 22.7. The third-order valence-corrected chi connectivity index (χ3v) is 2.39. The maximum absolute atomic E-state index is 11.7. The van der Waals surface area contributed by atoms with Gasteiger partial charge in [-0.15, -0.1) is 0 Å². The Hall–Kier alpha value is -2.36. The van der Waals surface area contributed by atoms with Crippen LogP contribution in [-0.2, 0) is 19.1 Å². The van der Waals surface area contributed by atoms with Crippen LogP contribution in [0.3, 0.4) is 0 Å². The van der Waals surface area contributed by atoms with Gasteiger partial charge in [-0.3, -0.25) is 4.79 Å². The van der Waals surface area contributed by atoms with E-state index in [1.807, 2.05) is 6.07 Å². The zero-order chi connectivity index (χ0) is 14.3. The zero-order valence-electron chi connectivity index (χ0n) is 11.2. The molecule has 19 heavy (non-hydrogen) atoms. The maximum Gasteiger partial charge on any atom is 0.341 e. The van der Waals surface area contributed by atoms with Crippen LogP contribution < -0.4 is 0 Å². The molecule has 100 valence electrons. The smallest absolute Gasteiger partial charge is 0.341 e. The molecule has 0 unspecified atom stereocenters. The lowest BCUT2D eigenvalue weighted by atomic mass is 10.00. The summed E-state index contributed by atoms with van der Waals surface area (Å²) in [5.41, 5.74) is 1.69. The molecule has 1 aromatic rings. The first kappa shape index (κ1) is 14.7. The lowest BCUT2D eigenvalue weighted by Gasteiger charge is -2.08. The second kappa shape index (κ2) is 7.16. The van der Waals surface area contributed by atoms with Crippen LogP contribution in [0.2, 0.25) is 0 Å². The first-order valence-electron chi connectivity index (χ1n) is 5.69. The van der Waals surface area contributed by atoms with Gasteiger partial charge >= 0.3 is 5.97 Å². The minimum Gasteiger partial charge on any atom is -0.503 e. The summed E-state index contributed by atoms with van der Waals surface area (Å²) in [5.74, 6) is -0.560. The largest absolute Gasteiger partial charge is 0.503 e. The molecule has 0 atom stereocenters. The SMILES string of the molecule is CO/C=C(/C(=O)OC)c1ccccc1/C=C/C(C)=O. The van der Waals surface area contributed by atoms with Crippen molar-refractivity contribution in [3.05, 3.63) is 47.7 Å². The molecule has 0 spiro atoms. The Bertz CT molecular complexity index is 527. The highest BCUT2D eigenvalue weighted by Gasteiger charge is 2.15. The van der Waals surface area contributed by atoms with Crippen LogP contribution in [0.5, 0.6) is 0 Å². The average Bonchev–Trinajstić information content (AvgIpc) is 2.42. The fourth-order valence-corrected chi connectivity index (χ4v) is 1.54. The molecule has 0 N–H and O–H groups in total. The summed E-state index contributed by atoms with van der Waals surface area (Å²) in [7, 11) is 2.76. The van der Waals surface area contributed by atoms with E-state index in [4.69, 9.17) is 9.47 Å². The Balaban J connectivity index is 3.28. The number of esters is 1. The van der Waals surface area contributed by atoms with E-state index in [1.54, 1.807) is 24.3 Å². The molecule has 1 aromatic carbocycles. The van der Waals surface area contributed by atoms with Crippen molar-refractivity contribution in [1.82, 2.24) is 0 Å². The van der Waals surface area contributed by atoms with E-state index in [1.165, 1.54) is 33.5 Å². The molecule has 0 radical (unpaired) electrons. The standard InChI is InChI=1S/C15H16O4/c1-11(16)8-9-12-6-4-5-7-13(12)14(10-18-2)15(17)19-3/h4-10H,1-3H3/b9-8+,14-10+. The van der Waals surface area contributed by atoms with Crippen LogP contribution in [0, 0.1) is 0 Å². The van der Waals surface area contributed by atoms with Gasteiger partial charge in [0.05, 0.1) is 20.5 Å². The minimum absolute atomic E-state index is 0.0647. The number of allylic oxidation sites excluding steroid dienone is 1. The van der Waals surface area contributed by atoms with E-state index >= 15 is 0 Å². The Labute approximate surface area is 112 Å². The topological polar surface area (TPSA) is 52.6 Å². The van der Waals surface area contributed by atoms with Gasteiger partial charge in [0.15, 0.2) is 5.78 Å². The lowest BCUT2D eigenvalue weighted by molar-refractivity contribution is -0.133. The van der Waals surface area contributed by atoms with E-state index in [0.717, 1.165) is 5.56 Å². The highest BCUT2D eigenvalue weighted by molar-refractivity contribution is 6.17. The van der Waals surface area contributed by atoms with Crippen molar-refractivity contribution in [3.63, 3.8) is 0 Å². The molecule has 0 saturated heterocycles. The van der Waals surface area contributed by atoms with Crippen LogP contribution >= 0.6 is 0 Å². The number of methoxy groups -OCH3 is 2. The number of carbonyl (C=O) groups is 2. The summed E-state index contributed by atoms with van der Waals surface area (Å²) in [5, 5.41) is 0. The molecule has 0 saturated carbocycles. The minimum atomic E-state index is -0.495. The molecule has 0 aliphatic carbocycles. The van der Waals surface area contributed by atoms with Crippen LogP contribution in [0.25, 0.3) is 11.6 Å². The molecule has 1 rings (SSSR count). The van der Waals surface area contributed by atoms with Crippen LogP contribution in [-0.4, -0.2) is 26.0 Å². The molecule has 0 aliphatic rings. The third kappa shape index (κ3) is 4.10. The average molecular weight is 260 g/mol. The fraction of sp³-hybridized carbons (Fsp3) is 0.200. The number of carbonyl (C=O) groups excluding carboxylic acids is 2. The van der Waals surface area contributed by atoms with Crippen molar-refractivity contribution in [2.75, 3.05) is 14.2 Å². The highest BCUT2D eigenvalue weighted by atomic mass is 16.5. The Morgan fingerprint density at radius 1 is 1.16 bits per heavy atom. The van der Waals surface area contributed by atoms with Gasteiger partial charge in [0.25, 0.3) is 0 Å². The highest BCUT2D eigenvalue weighted by Crippen LogP contribution is 2.22. The van der Waals surface area contributed by atoms with Gasteiger partial charge in [-0.1, -0.05) is 30.3 Å². The number of ketones is 1. The first-order valence-corrected chi connectivity index (χ1v) is 5.69. The van der Waals surface area contributed by atoms with Crippen molar-refractivity contribution in [2.24, 2.45) is 0 Å². The van der Waals surface area contributed by atoms with Gasteiger partial charge in [-0.25, -0.2) is 4.79 Å². The molecule has 0 amide bonds. The molecule has 0 bridgehead atoms. The summed E-state index contributed by atoms with van der Waals surface area (Å²) >= 11 is 0. The van der Waals surface area contributed by atoms with E-state index in [0.29, 0.717) is 11.1 Å². The Morgan fingerprint density at radius 2 is 1.84 bits per heavy atom. The van der Waals surface area contributed by atoms with Gasteiger partial charge in [-0.05, 0) is 24.1 Å². The molecule has 0 heterocycles. The molecule has 0 fully saturated rings. The zero-order valence-corrected chi connectivity index (χ0v) is 11.2. The van der Waals surface area contributed by atoms with Crippen molar-refractivity contribution >= 4 is 23.4 Å².